The van der Waals surface area contributed by atoms with Crippen LogP contribution in [-0.4, -0.2) is 39.0 Å². The Bertz CT molecular complexity index is 585. The van der Waals surface area contributed by atoms with Crippen molar-refractivity contribution in [3.8, 4) is 5.75 Å². The van der Waals surface area contributed by atoms with Crippen LogP contribution < -0.4 is 15.4 Å². The molecule has 0 saturated carbocycles. The van der Waals surface area contributed by atoms with Crippen molar-refractivity contribution in [3.05, 3.63) is 36.1 Å². The zero-order valence-electron chi connectivity index (χ0n) is 12.4. The minimum Gasteiger partial charge on any atom is -0.503 e. The van der Waals surface area contributed by atoms with Gasteiger partial charge in [-0.1, -0.05) is 18.2 Å². The van der Waals surface area contributed by atoms with Gasteiger partial charge in [0.1, 0.15) is 11.3 Å². The first-order valence-electron chi connectivity index (χ1n) is 6.73. The fraction of sp³-hybridized carbons (Fsp3) is 0.333. The van der Waals surface area contributed by atoms with Crippen LogP contribution in [0.2, 0.25) is 0 Å². The summed E-state index contributed by atoms with van der Waals surface area (Å²) in [6, 6.07) is 7.00. The number of para-hydroxylation sites is 1. The van der Waals surface area contributed by atoms with Gasteiger partial charge in [-0.2, -0.15) is 0 Å². The van der Waals surface area contributed by atoms with Gasteiger partial charge in [0.2, 0.25) is 5.91 Å². The zero-order valence-corrected chi connectivity index (χ0v) is 12.4. The van der Waals surface area contributed by atoms with Crippen LogP contribution >= 0.6 is 0 Å². The lowest BCUT2D eigenvalue weighted by atomic mass is 10.1. The first-order valence-corrected chi connectivity index (χ1v) is 6.73. The minimum atomic E-state index is -0.535. The lowest BCUT2D eigenvalue weighted by molar-refractivity contribution is -0.134. The number of benzene rings is 1. The van der Waals surface area contributed by atoms with E-state index in [1.807, 2.05) is 0 Å². The number of esters is 1. The predicted molar refractivity (Wildman–Crippen MR) is 78.6 cm³/mol. The van der Waals surface area contributed by atoms with Crippen molar-refractivity contribution >= 4 is 17.4 Å². The molecule has 0 bridgehead atoms. The lowest BCUT2D eigenvalue weighted by Crippen LogP contribution is -2.50. The van der Waals surface area contributed by atoms with Crippen LogP contribution in [0.1, 0.15) is 12.0 Å². The Kier molecular flexibility index (Phi) is 5.37. The van der Waals surface area contributed by atoms with Gasteiger partial charge in [0.05, 0.1) is 33.6 Å². The van der Waals surface area contributed by atoms with Crippen LogP contribution in [0.4, 0.5) is 0 Å². The molecule has 1 fully saturated rings. The number of rotatable bonds is 5. The van der Waals surface area contributed by atoms with Crippen LogP contribution in [0.25, 0.3) is 5.57 Å². The van der Waals surface area contributed by atoms with Gasteiger partial charge in [0.15, 0.2) is 6.23 Å². The number of carbonyl (C=O) groups is 2. The number of nitrogens with one attached hydrogen (secondary N) is 2. The van der Waals surface area contributed by atoms with Crippen molar-refractivity contribution < 1.29 is 23.8 Å². The van der Waals surface area contributed by atoms with Crippen LogP contribution in [0, 0.1) is 0 Å². The fourth-order valence-corrected chi connectivity index (χ4v) is 2.05. The Labute approximate surface area is 128 Å². The maximum Gasteiger partial charge on any atom is 0.341 e. The molecule has 0 aromatic heterocycles. The van der Waals surface area contributed by atoms with E-state index in [9.17, 15) is 9.59 Å². The molecule has 7 nitrogen and oxygen atoms in total. The molecule has 1 atom stereocenters. The Balaban J connectivity index is 2.27. The molecule has 1 aliphatic rings. The average Bonchev–Trinajstić information content (AvgIpc) is 2.53. The maximum absolute atomic E-state index is 11.9. The summed E-state index contributed by atoms with van der Waals surface area (Å²) in [4.78, 5) is 23.3. The third kappa shape index (κ3) is 3.76. The van der Waals surface area contributed by atoms with E-state index in [0.717, 1.165) is 0 Å². The molecule has 1 saturated heterocycles. The molecule has 2 N–H and O–H groups in total. The number of hydrogen-bond donors (Lipinski definition) is 2. The molecule has 1 unspecified atom stereocenters. The third-order valence-electron chi connectivity index (χ3n) is 3.07. The van der Waals surface area contributed by atoms with E-state index >= 15 is 0 Å². The van der Waals surface area contributed by atoms with Crippen molar-refractivity contribution in [2.24, 2.45) is 0 Å². The summed E-state index contributed by atoms with van der Waals surface area (Å²) in [6.45, 7) is 0.337. The fourth-order valence-electron chi connectivity index (χ4n) is 2.05. The summed E-state index contributed by atoms with van der Waals surface area (Å²) >= 11 is 0. The van der Waals surface area contributed by atoms with Crippen molar-refractivity contribution in [3.63, 3.8) is 0 Å². The highest BCUT2D eigenvalue weighted by molar-refractivity contribution is 6.16. The van der Waals surface area contributed by atoms with Gasteiger partial charge in [-0.25, -0.2) is 4.79 Å². The summed E-state index contributed by atoms with van der Waals surface area (Å²) < 4.78 is 15.5. The highest BCUT2D eigenvalue weighted by atomic mass is 16.5. The standard InChI is InChI=1S/C15H18N2O5/c1-20-8-11(15(19)21-2)10-5-3-4-6-12(10)22-14-7-13(18)16-9-17-14/h3-6,8,14,17H,7,9H2,1-2H3,(H,16,18)/b11-8+. The normalized spacial score (nSPS) is 18.4. The van der Waals surface area contributed by atoms with Crippen molar-refractivity contribution in [2.75, 3.05) is 20.9 Å². The molecule has 0 radical (unpaired) electrons. The monoisotopic (exact) mass is 306 g/mol. The average molecular weight is 306 g/mol. The van der Waals surface area contributed by atoms with Gasteiger partial charge in [-0.15, -0.1) is 0 Å². The van der Waals surface area contributed by atoms with Crippen LogP contribution in [0.5, 0.6) is 5.75 Å². The van der Waals surface area contributed by atoms with Gasteiger partial charge in [-0.3, -0.25) is 10.1 Å². The largest absolute Gasteiger partial charge is 0.503 e. The van der Waals surface area contributed by atoms with E-state index in [-0.39, 0.29) is 17.9 Å². The number of amides is 1. The molecular formula is C15H18N2O5. The Morgan fingerprint density at radius 1 is 1.32 bits per heavy atom. The van der Waals surface area contributed by atoms with E-state index in [0.29, 0.717) is 18.0 Å². The molecule has 2 rings (SSSR count). The Morgan fingerprint density at radius 3 is 2.77 bits per heavy atom. The molecule has 1 aromatic carbocycles. The number of methoxy groups -OCH3 is 2. The van der Waals surface area contributed by atoms with Crippen LogP contribution in [-0.2, 0) is 19.1 Å². The Morgan fingerprint density at radius 2 is 2.09 bits per heavy atom. The second kappa shape index (κ2) is 7.46. The lowest BCUT2D eigenvalue weighted by Gasteiger charge is -2.25. The van der Waals surface area contributed by atoms with Crippen molar-refractivity contribution in [2.45, 2.75) is 12.6 Å². The van der Waals surface area contributed by atoms with Crippen molar-refractivity contribution in [1.29, 1.82) is 0 Å². The second-order valence-corrected chi connectivity index (χ2v) is 4.55. The molecular weight excluding hydrogens is 288 g/mol. The summed E-state index contributed by atoms with van der Waals surface area (Å²) in [6.07, 6.45) is 1.03. The molecule has 0 spiro atoms. The summed E-state index contributed by atoms with van der Waals surface area (Å²) in [5, 5.41) is 5.67. The maximum atomic E-state index is 11.9. The van der Waals surface area contributed by atoms with E-state index < -0.39 is 12.2 Å². The summed E-state index contributed by atoms with van der Waals surface area (Å²) in [7, 11) is 2.74. The van der Waals surface area contributed by atoms with E-state index in [2.05, 4.69) is 10.6 Å². The van der Waals surface area contributed by atoms with E-state index in [1.54, 1.807) is 24.3 Å². The molecule has 1 heterocycles. The zero-order chi connectivity index (χ0) is 15.9. The topological polar surface area (TPSA) is 85.9 Å². The first kappa shape index (κ1) is 15.8. The predicted octanol–water partition coefficient (Wildman–Crippen LogP) is 0.619. The molecule has 1 aromatic rings. The van der Waals surface area contributed by atoms with Gasteiger partial charge in [0.25, 0.3) is 0 Å². The molecule has 1 amide bonds. The van der Waals surface area contributed by atoms with Crippen LogP contribution in [0.3, 0.4) is 0 Å². The smallest absolute Gasteiger partial charge is 0.341 e. The number of hydrogen-bond acceptors (Lipinski definition) is 6. The van der Waals surface area contributed by atoms with Gasteiger partial charge < -0.3 is 19.5 Å². The van der Waals surface area contributed by atoms with E-state index in [1.165, 1.54) is 20.5 Å². The minimum absolute atomic E-state index is 0.0955. The molecule has 22 heavy (non-hydrogen) atoms. The molecule has 0 aliphatic carbocycles. The second-order valence-electron chi connectivity index (χ2n) is 4.55. The summed E-state index contributed by atoms with van der Waals surface area (Å²) in [5.41, 5.74) is 0.768. The Hall–Kier alpha value is -2.54. The number of ether oxygens (including phenoxy) is 3. The quantitative estimate of drug-likeness (QED) is 0.471. The number of carbonyl (C=O) groups excluding carboxylic acids is 2. The molecule has 118 valence electrons. The highest BCUT2D eigenvalue weighted by Gasteiger charge is 2.23. The van der Waals surface area contributed by atoms with Gasteiger partial charge in [0, 0.05) is 5.56 Å². The van der Waals surface area contributed by atoms with E-state index in [4.69, 9.17) is 14.2 Å². The van der Waals surface area contributed by atoms with Crippen molar-refractivity contribution in [1.82, 2.24) is 10.6 Å². The third-order valence-corrected chi connectivity index (χ3v) is 3.07. The van der Waals surface area contributed by atoms with Crippen LogP contribution in [0.15, 0.2) is 30.5 Å². The van der Waals surface area contributed by atoms with Gasteiger partial charge in [-0.05, 0) is 6.07 Å². The van der Waals surface area contributed by atoms with Gasteiger partial charge >= 0.3 is 5.97 Å². The highest BCUT2D eigenvalue weighted by Crippen LogP contribution is 2.28. The molecule has 7 heteroatoms. The first-order chi connectivity index (χ1) is 10.7. The molecule has 1 aliphatic heterocycles. The SMILES string of the molecule is CO/C=C(/C(=O)OC)c1ccccc1OC1CC(=O)NCN1. The summed E-state index contributed by atoms with van der Waals surface area (Å²) in [5.74, 6) is -0.169.